The normalized spacial score (nSPS) is 11.2. The van der Waals surface area contributed by atoms with Gasteiger partial charge in [-0.25, -0.2) is 4.98 Å². The molecule has 0 saturated carbocycles. The molecule has 9 nitrogen and oxygen atoms in total. The lowest BCUT2D eigenvalue weighted by Crippen LogP contribution is -2.17. The molecular weight excluding hydrogens is 232 g/mol. The molecule has 9 heteroatoms. The second-order valence-electron chi connectivity index (χ2n) is 2.86. The number of aromatic nitrogens is 1. The van der Waals surface area contributed by atoms with E-state index in [4.69, 9.17) is 20.8 Å². The van der Waals surface area contributed by atoms with Crippen molar-refractivity contribution < 1.29 is 20.0 Å². The van der Waals surface area contributed by atoms with E-state index in [1.807, 2.05) is 0 Å². The molecular formula is C8H10N4O5. The van der Waals surface area contributed by atoms with Gasteiger partial charge in [-0.05, 0) is 0 Å². The first-order valence-corrected chi connectivity index (χ1v) is 4.46. The third-order valence-corrected chi connectivity index (χ3v) is 1.76. The average Bonchev–Trinajstić information content (AvgIpc) is 2.35. The highest BCUT2D eigenvalue weighted by molar-refractivity contribution is 5.99. The molecule has 4 N–H and O–H groups in total. The first-order chi connectivity index (χ1) is 8.10. The lowest BCUT2D eigenvalue weighted by Gasteiger charge is -2.07. The van der Waals surface area contributed by atoms with Gasteiger partial charge in [-0.1, -0.05) is 5.16 Å². The number of aliphatic hydroxyl groups excluding tert-OH is 1. The number of ether oxygens (including phenoxy) is 1. The standard InChI is InChI=1S/C8H10N4O5/c9-7(11-14)6-3-5(12(15)16)4-10-8(6)17-2-1-13/h3-4,13-14H,1-2H2,(H2,9,11). The summed E-state index contributed by atoms with van der Waals surface area (Å²) in [4.78, 5) is 13.5. The van der Waals surface area contributed by atoms with Crippen molar-refractivity contribution >= 4 is 11.5 Å². The van der Waals surface area contributed by atoms with Crippen molar-refractivity contribution in [2.75, 3.05) is 13.2 Å². The van der Waals surface area contributed by atoms with Gasteiger partial charge in [0.05, 0.1) is 17.1 Å². The van der Waals surface area contributed by atoms with Gasteiger partial charge < -0.3 is 20.8 Å². The Morgan fingerprint density at radius 2 is 2.41 bits per heavy atom. The maximum absolute atomic E-state index is 10.5. The first kappa shape index (κ1) is 12.6. The second kappa shape index (κ2) is 5.61. The van der Waals surface area contributed by atoms with E-state index >= 15 is 0 Å². The Bertz CT molecular complexity index is 448. The monoisotopic (exact) mass is 242 g/mol. The van der Waals surface area contributed by atoms with Crippen molar-refractivity contribution in [2.24, 2.45) is 10.9 Å². The van der Waals surface area contributed by atoms with Crippen molar-refractivity contribution in [2.45, 2.75) is 0 Å². The Morgan fingerprint density at radius 1 is 1.71 bits per heavy atom. The molecule has 0 spiro atoms. The van der Waals surface area contributed by atoms with E-state index < -0.39 is 4.92 Å². The zero-order chi connectivity index (χ0) is 12.8. The summed E-state index contributed by atoms with van der Waals surface area (Å²) >= 11 is 0. The fourth-order valence-corrected chi connectivity index (χ4v) is 1.04. The fraction of sp³-hybridized carbons (Fsp3) is 0.250. The van der Waals surface area contributed by atoms with Crippen LogP contribution in [0.2, 0.25) is 0 Å². The van der Waals surface area contributed by atoms with Gasteiger partial charge in [0, 0.05) is 6.07 Å². The van der Waals surface area contributed by atoms with Gasteiger partial charge in [-0.3, -0.25) is 10.1 Å². The minimum absolute atomic E-state index is 0.0184. The molecule has 0 amide bonds. The largest absolute Gasteiger partial charge is 0.475 e. The Morgan fingerprint density at radius 3 is 2.94 bits per heavy atom. The number of nitro groups is 1. The van der Waals surface area contributed by atoms with Gasteiger partial charge in [-0.2, -0.15) is 0 Å². The number of nitrogens with zero attached hydrogens (tertiary/aromatic N) is 3. The predicted octanol–water partition coefficient (Wildman–Crippen LogP) is -0.545. The minimum atomic E-state index is -0.670. The summed E-state index contributed by atoms with van der Waals surface area (Å²) in [5.74, 6) is -0.422. The van der Waals surface area contributed by atoms with Crippen LogP contribution in [0.15, 0.2) is 17.4 Å². The molecule has 0 radical (unpaired) electrons. The van der Waals surface area contributed by atoms with Crippen molar-refractivity contribution in [1.29, 1.82) is 0 Å². The molecule has 0 atom stereocenters. The molecule has 1 aromatic heterocycles. The van der Waals surface area contributed by atoms with Crippen LogP contribution >= 0.6 is 0 Å². The zero-order valence-corrected chi connectivity index (χ0v) is 8.61. The lowest BCUT2D eigenvalue weighted by atomic mass is 10.2. The molecule has 17 heavy (non-hydrogen) atoms. The third-order valence-electron chi connectivity index (χ3n) is 1.76. The quantitative estimate of drug-likeness (QED) is 0.206. The summed E-state index contributed by atoms with van der Waals surface area (Å²) in [5.41, 5.74) is 5.00. The van der Waals surface area contributed by atoms with Crippen LogP contribution in [0.25, 0.3) is 0 Å². The topological polar surface area (TPSA) is 144 Å². The summed E-state index contributed by atoms with van der Waals surface area (Å²) < 4.78 is 4.99. The molecule has 1 aromatic rings. The van der Waals surface area contributed by atoms with E-state index in [2.05, 4.69) is 10.1 Å². The summed E-state index contributed by atoms with van der Waals surface area (Å²) in [6.07, 6.45) is 0.973. The number of oxime groups is 1. The van der Waals surface area contributed by atoms with Crippen LogP contribution in [0.4, 0.5) is 5.69 Å². The van der Waals surface area contributed by atoms with Gasteiger partial charge in [0.15, 0.2) is 5.84 Å². The van der Waals surface area contributed by atoms with Crippen LogP contribution < -0.4 is 10.5 Å². The predicted molar refractivity (Wildman–Crippen MR) is 56.0 cm³/mol. The number of hydrogen-bond acceptors (Lipinski definition) is 7. The number of hydrogen-bond donors (Lipinski definition) is 3. The highest BCUT2D eigenvalue weighted by atomic mass is 16.6. The molecule has 0 saturated heterocycles. The van der Waals surface area contributed by atoms with Crippen LogP contribution in [0, 0.1) is 10.1 Å². The van der Waals surface area contributed by atoms with Gasteiger partial charge in [0.25, 0.3) is 5.69 Å². The van der Waals surface area contributed by atoms with Gasteiger partial charge in [-0.15, -0.1) is 0 Å². The molecule has 0 bridgehead atoms. The Labute approximate surface area is 95.3 Å². The number of aliphatic hydroxyl groups is 1. The summed E-state index contributed by atoms with van der Waals surface area (Å²) in [7, 11) is 0. The summed E-state index contributed by atoms with van der Waals surface area (Å²) in [6.45, 7) is -0.315. The number of amidine groups is 1. The number of rotatable bonds is 5. The Balaban J connectivity index is 3.17. The van der Waals surface area contributed by atoms with Gasteiger partial charge in [0.1, 0.15) is 12.8 Å². The number of pyridine rings is 1. The Kier molecular flexibility index (Phi) is 4.17. The van der Waals surface area contributed by atoms with Crippen LogP contribution in [-0.4, -0.2) is 39.3 Å². The van der Waals surface area contributed by atoms with Crippen LogP contribution in [0.1, 0.15) is 5.56 Å². The van der Waals surface area contributed by atoms with Crippen molar-refractivity contribution in [1.82, 2.24) is 4.98 Å². The third kappa shape index (κ3) is 3.01. The minimum Gasteiger partial charge on any atom is -0.475 e. The van der Waals surface area contributed by atoms with Gasteiger partial charge in [0.2, 0.25) is 5.88 Å². The smallest absolute Gasteiger partial charge is 0.288 e. The molecule has 0 fully saturated rings. The van der Waals surface area contributed by atoms with E-state index in [1.165, 1.54) is 0 Å². The molecule has 0 aliphatic rings. The molecule has 0 aliphatic carbocycles. The summed E-state index contributed by atoms with van der Waals surface area (Å²) in [6, 6.07) is 1.06. The Hall–Kier alpha value is -2.42. The first-order valence-electron chi connectivity index (χ1n) is 4.46. The van der Waals surface area contributed by atoms with E-state index in [0.29, 0.717) is 0 Å². The molecule has 1 rings (SSSR count). The fourth-order valence-electron chi connectivity index (χ4n) is 1.04. The summed E-state index contributed by atoms with van der Waals surface area (Å²) in [5, 5.41) is 30.4. The highest BCUT2D eigenvalue weighted by Gasteiger charge is 2.16. The molecule has 0 unspecified atom stereocenters. The number of nitrogens with two attached hydrogens (primary N) is 1. The van der Waals surface area contributed by atoms with E-state index in [0.717, 1.165) is 12.3 Å². The second-order valence-corrected chi connectivity index (χ2v) is 2.86. The molecule has 0 aromatic carbocycles. The van der Waals surface area contributed by atoms with Crippen LogP contribution in [-0.2, 0) is 0 Å². The van der Waals surface area contributed by atoms with Gasteiger partial charge >= 0.3 is 0 Å². The maximum Gasteiger partial charge on any atom is 0.288 e. The SMILES string of the molecule is N/C(=N/O)c1cc([N+](=O)[O-])cnc1OCCO. The van der Waals surface area contributed by atoms with Crippen molar-refractivity contribution in [3.63, 3.8) is 0 Å². The van der Waals surface area contributed by atoms with Crippen LogP contribution in [0.3, 0.4) is 0 Å². The lowest BCUT2D eigenvalue weighted by molar-refractivity contribution is -0.385. The van der Waals surface area contributed by atoms with Crippen molar-refractivity contribution in [3.05, 3.63) is 27.9 Å². The highest BCUT2D eigenvalue weighted by Crippen LogP contribution is 2.20. The molecule has 92 valence electrons. The van der Waals surface area contributed by atoms with Crippen LogP contribution in [0.5, 0.6) is 5.88 Å². The van der Waals surface area contributed by atoms with E-state index in [1.54, 1.807) is 0 Å². The molecule has 0 aliphatic heterocycles. The average molecular weight is 242 g/mol. The molecule has 1 heterocycles. The van der Waals surface area contributed by atoms with E-state index in [-0.39, 0.29) is 36.2 Å². The maximum atomic E-state index is 10.5. The zero-order valence-electron chi connectivity index (χ0n) is 8.61. The van der Waals surface area contributed by atoms with E-state index in [9.17, 15) is 10.1 Å². The van der Waals surface area contributed by atoms with Crippen molar-refractivity contribution in [3.8, 4) is 5.88 Å².